The third-order valence-electron chi connectivity index (χ3n) is 3.08. The van der Waals surface area contributed by atoms with E-state index in [0.29, 0.717) is 13.0 Å². The molecule has 1 atom stereocenters. The number of esters is 1. The monoisotopic (exact) mass is 270 g/mol. The van der Waals surface area contributed by atoms with E-state index < -0.39 is 5.97 Å². The van der Waals surface area contributed by atoms with Crippen LogP contribution in [0.1, 0.15) is 40.0 Å². The summed E-state index contributed by atoms with van der Waals surface area (Å²) in [5.41, 5.74) is -0.234. The van der Waals surface area contributed by atoms with E-state index >= 15 is 0 Å². The van der Waals surface area contributed by atoms with Crippen molar-refractivity contribution in [1.29, 1.82) is 0 Å². The summed E-state index contributed by atoms with van der Waals surface area (Å²) in [4.78, 5) is 36.1. The predicted molar refractivity (Wildman–Crippen MR) is 69.3 cm³/mol. The van der Waals surface area contributed by atoms with Crippen LogP contribution in [0.2, 0.25) is 0 Å². The zero-order valence-corrected chi connectivity index (χ0v) is 12.0. The van der Waals surface area contributed by atoms with E-state index in [1.807, 2.05) is 20.8 Å². The SMILES string of the molecule is COC(=O)CCC(=O)NC1CC(=O)N(C(C)(C)C)C1. The van der Waals surface area contributed by atoms with Gasteiger partial charge in [-0.1, -0.05) is 0 Å². The Bertz CT molecular complexity index is 373. The van der Waals surface area contributed by atoms with Crippen molar-refractivity contribution in [1.82, 2.24) is 10.2 Å². The minimum absolute atomic E-state index is 0.0470. The van der Waals surface area contributed by atoms with Crippen molar-refractivity contribution in [2.45, 2.75) is 51.6 Å². The molecule has 1 aliphatic rings. The van der Waals surface area contributed by atoms with Crippen LogP contribution in [0.25, 0.3) is 0 Å². The van der Waals surface area contributed by atoms with Crippen molar-refractivity contribution in [3.05, 3.63) is 0 Å². The summed E-state index contributed by atoms with van der Waals surface area (Å²) in [6.07, 6.45) is 0.472. The Morgan fingerprint density at radius 3 is 2.47 bits per heavy atom. The second-order valence-corrected chi connectivity index (χ2v) is 5.72. The van der Waals surface area contributed by atoms with Crippen LogP contribution in [0.5, 0.6) is 0 Å². The molecule has 0 aromatic rings. The average molecular weight is 270 g/mol. The van der Waals surface area contributed by atoms with Crippen molar-refractivity contribution < 1.29 is 19.1 Å². The van der Waals surface area contributed by atoms with Crippen LogP contribution in [0.4, 0.5) is 0 Å². The van der Waals surface area contributed by atoms with Gasteiger partial charge in [0.25, 0.3) is 0 Å². The predicted octanol–water partition coefficient (Wildman–Crippen LogP) is 0.455. The summed E-state index contributed by atoms with van der Waals surface area (Å²) in [6, 6.07) is -0.170. The first-order valence-corrected chi connectivity index (χ1v) is 6.40. The molecule has 0 aromatic carbocycles. The fraction of sp³-hybridized carbons (Fsp3) is 0.769. The number of methoxy groups -OCH3 is 1. The van der Waals surface area contributed by atoms with E-state index in [9.17, 15) is 14.4 Å². The van der Waals surface area contributed by atoms with E-state index in [2.05, 4.69) is 10.1 Å². The highest BCUT2D eigenvalue weighted by atomic mass is 16.5. The van der Waals surface area contributed by atoms with Gasteiger partial charge in [-0.2, -0.15) is 0 Å². The maximum absolute atomic E-state index is 11.8. The number of nitrogens with one attached hydrogen (secondary N) is 1. The van der Waals surface area contributed by atoms with Crippen LogP contribution in [-0.4, -0.2) is 47.9 Å². The van der Waals surface area contributed by atoms with Crippen LogP contribution in [-0.2, 0) is 19.1 Å². The van der Waals surface area contributed by atoms with Crippen molar-refractivity contribution in [2.75, 3.05) is 13.7 Å². The molecule has 1 unspecified atom stereocenters. The number of nitrogens with zero attached hydrogens (tertiary/aromatic N) is 1. The molecule has 1 N–H and O–H groups in total. The molecular formula is C13H22N2O4. The molecule has 1 heterocycles. The number of hydrogen-bond acceptors (Lipinski definition) is 4. The van der Waals surface area contributed by atoms with Gasteiger partial charge in [-0.15, -0.1) is 0 Å². The topological polar surface area (TPSA) is 75.7 Å². The lowest BCUT2D eigenvalue weighted by Crippen LogP contribution is -2.44. The van der Waals surface area contributed by atoms with Crippen molar-refractivity contribution in [2.24, 2.45) is 0 Å². The summed E-state index contributed by atoms with van der Waals surface area (Å²) in [5.74, 6) is -0.585. The average Bonchev–Trinajstić information content (AvgIpc) is 2.66. The molecule has 0 bridgehead atoms. The number of amides is 2. The van der Waals surface area contributed by atoms with Gasteiger partial charge in [-0.05, 0) is 20.8 Å². The lowest BCUT2D eigenvalue weighted by molar-refractivity contribution is -0.142. The van der Waals surface area contributed by atoms with Crippen LogP contribution < -0.4 is 5.32 Å². The summed E-state index contributed by atoms with van der Waals surface area (Å²) in [5, 5.41) is 2.78. The number of carbonyl (C=O) groups is 3. The molecular weight excluding hydrogens is 248 g/mol. The molecule has 108 valence electrons. The molecule has 2 amide bonds. The van der Waals surface area contributed by atoms with E-state index in [-0.39, 0.29) is 36.2 Å². The summed E-state index contributed by atoms with van der Waals surface area (Å²) in [6.45, 7) is 6.41. The highest BCUT2D eigenvalue weighted by molar-refractivity contribution is 5.84. The number of ether oxygens (including phenoxy) is 1. The Morgan fingerprint density at radius 2 is 2.00 bits per heavy atom. The van der Waals surface area contributed by atoms with Gasteiger partial charge in [0, 0.05) is 24.9 Å². The quantitative estimate of drug-likeness (QED) is 0.753. The maximum atomic E-state index is 11.8. The maximum Gasteiger partial charge on any atom is 0.306 e. The number of rotatable bonds is 4. The van der Waals surface area contributed by atoms with Crippen molar-refractivity contribution >= 4 is 17.8 Å². The first kappa shape index (κ1) is 15.5. The molecule has 0 saturated carbocycles. The minimum atomic E-state index is -0.408. The number of hydrogen-bond donors (Lipinski definition) is 1. The number of carbonyl (C=O) groups excluding carboxylic acids is 3. The molecule has 1 saturated heterocycles. The lowest BCUT2D eigenvalue weighted by atomic mass is 10.1. The highest BCUT2D eigenvalue weighted by Gasteiger charge is 2.36. The second kappa shape index (κ2) is 6.04. The fourth-order valence-corrected chi connectivity index (χ4v) is 2.07. The number of likely N-dealkylation sites (tertiary alicyclic amines) is 1. The lowest BCUT2D eigenvalue weighted by Gasteiger charge is -2.32. The third-order valence-corrected chi connectivity index (χ3v) is 3.08. The minimum Gasteiger partial charge on any atom is -0.469 e. The first-order chi connectivity index (χ1) is 8.74. The largest absolute Gasteiger partial charge is 0.469 e. The summed E-state index contributed by atoms with van der Waals surface area (Å²) < 4.78 is 4.47. The van der Waals surface area contributed by atoms with Crippen molar-refractivity contribution in [3.63, 3.8) is 0 Å². The van der Waals surface area contributed by atoms with Gasteiger partial charge in [0.1, 0.15) is 0 Å². The Balaban J connectivity index is 2.41. The van der Waals surface area contributed by atoms with E-state index in [0.717, 1.165) is 0 Å². The van der Waals surface area contributed by atoms with Gasteiger partial charge < -0.3 is 15.0 Å². The second-order valence-electron chi connectivity index (χ2n) is 5.72. The van der Waals surface area contributed by atoms with E-state index in [4.69, 9.17) is 0 Å². The van der Waals surface area contributed by atoms with Gasteiger partial charge in [0.05, 0.1) is 19.6 Å². The molecule has 1 aliphatic heterocycles. The van der Waals surface area contributed by atoms with Crippen LogP contribution >= 0.6 is 0 Å². The molecule has 0 aromatic heterocycles. The van der Waals surface area contributed by atoms with Gasteiger partial charge in [-0.25, -0.2) is 0 Å². The highest BCUT2D eigenvalue weighted by Crippen LogP contribution is 2.21. The Labute approximate surface area is 113 Å². The van der Waals surface area contributed by atoms with Crippen LogP contribution in [0.15, 0.2) is 0 Å². The molecule has 0 aliphatic carbocycles. The summed E-state index contributed by atoms with van der Waals surface area (Å²) in [7, 11) is 1.29. The van der Waals surface area contributed by atoms with E-state index in [1.54, 1.807) is 4.90 Å². The van der Waals surface area contributed by atoms with Crippen molar-refractivity contribution in [3.8, 4) is 0 Å². The molecule has 0 spiro atoms. The Morgan fingerprint density at radius 1 is 1.37 bits per heavy atom. The normalized spacial score (nSPS) is 19.5. The summed E-state index contributed by atoms with van der Waals surface area (Å²) >= 11 is 0. The molecule has 1 fully saturated rings. The first-order valence-electron chi connectivity index (χ1n) is 6.40. The fourth-order valence-electron chi connectivity index (χ4n) is 2.07. The molecule has 6 heteroatoms. The molecule has 6 nitrogen and oxygen atoms in total. The van der Waals surface area contributed by atoms with Gasteiger partial charge >= 0.3 is 5.97 Å². The molecule has 1 rings (SSSR count). The standard InChI is InChI=1S/C13H22N2O4/c1-13(2,3)15-8-9(7-11(15)17)14-10(16)5-6-12(18)19-4/h9H,5-8H2,1-4H3,(H,14,16). The zero-order valence-electron chi connectivity index (χ0n) is 12.0. The van der Waals surface area contributed by atoms with Gasteiger partial charge in [-0.3, -0.25) is 14.4 Å². The van der Waals surface area contributed by atoms with Gasteiger partial charge in [0.2, 0.25) is 11.8 Å². The molecule has 19 heavy (non-hydrogen) atoms. The van der Waals surface area contributed by atoms with Gasteiger partial charge in [0.15, 0.2) is 0 Å². The smallest absolute Gasteiger partial charge is 0.306 e. The van der Waals surface area contributed by atoms with Crippen LogP contribution in [0, 0.1) is 0 Å². The zero-order chi connectivity index (χ0) is 14.6. The van der Waals surface area contributed by atoms with E-state index in [1.165, 1.54) is 7.11 Å². The molecule has 0 radical (unpaired) electrons. The Hall–Kier alpha value is -1.59. The van der Waals surface area contributed by atoms with Crippen LogP contribution in [0.3, 0.4) is 0 Å². The Kier molecular flexibility index (Phi) is 4.91. The third kappa shape index (κ3) is 4.54.